The van der Waals surface area contributed by atoms with Crippen LogP contribution >= 0.6 is 0 Å². The van der Waals surface area contributed by atoms with Crippen molar-refractivity contribution in [3.05, 3.63) is 53.5 Å². The first-order valence-corrected chi connectivity index (χ1v) is 5.80. The lowest BCUT2D eigenvalue weighted by molar-refractivity contribution is 0.218. The number of benzene rings is 1. The largest absolute Gasteiger partial charge is 0.493 e. The molecule has 17 heavy (non-hydrogen) atoms. The molecule has 0 fully saturated rings. The quantitative estimate of drug-likeness (QED) is 0.862. The third kappa shape index (κ3) is 1.94. The van der Waals surface area contributed by atoms with E-state index in [1.54, 1.807) is 18.6 Å². The molecule has 2 aromatic rings. The van der Waals surface area contributed by atoms with Crippen LogP contribution in [0.15, 0.2) is 41.2 Å². The van der Waals surface area contributed by atoms with Gasteiger partial charge in [-0.25, -0.2) is 0 Å². The molecule has 1 atom stereocenters. The number of aryl methyl sites for hydroxylation is 1. The molecule has 2 heterocycles. The molecule has 1 unspecified atom stereocenters. The number of ether oxygens (including phenoxy) is 1. The van der Waals surface area contributed by atoms with Crippen molar-refractivity contribution < 1.29 is 14.3 Å². The van der Waals surface area contributed by atoms with E-state index in [2.05, 4.69) is 0 Å². The third-order valence-corrected chi connectivity index (χ3v) is 3.11. The fourth-order valence-electron chi connectivity index (χ4n) is 2.17. The van der Waals surface area contributed by atoms with Crippen LogP contribution in [-0.2, 0) is 6.42 Å². The molecule has 3 heteroatoms. The Labute approximate surface area is 99.6 Å². The Hall–Kier alpha value is -1.74. The van der Waals surface area contributed by atoms with E-state index in [1.165, 1.54) is 5.56 Å². The smallest absolute Gasteiger partial charge is 0.122 e. The topological polar surface area (TPSA) is 42.6 Å². The first-order valence-electron chi connectivity index (χ1n) is 5.80. The Morgan fingerprint density at radius 1 is 1.18 bits per heavy atom. The van der Waals surface area contributed by atoms with E-state index in [-0.39, 0.29) is 0 Å². The highest BCUT2D eigenvalue weighted by Crippen LogP contribution is 2.30. The van der Waals surface area contributed by atoms with Gasteiger partial charge in [-0.05, 0) is 42.2 Å². The average Bonchev–Trinajstić information content (AvgIpc) is 2.91. The predicted octanol–water partition coefficient (Wildman–Crippen LogP) is 2.69. The minimum absolute atomic E-state index is 0.624. The lowest BCUT2D eigenvalue weighted by Crippen LogP contribution is -2.09. The van der Waals surface area contributed by atoms with Gasteiger partial charge in [-0.1, -0.05) is 6.07 Å². The van der Waals surface area contributed by atoms with Gasteiger partial charge in [0.2, 0.25) is 0 Å². The molecule has 1 aliphatic heterocycles. The number of hydrogen-bond donors (Lipinski definition) is 1. The molecule has 1 N–H and O–H groups in total. The molecule has 0 saturated heterocycles. The summed E-state index contributed by atoms with van der Waals surface area (Å²) in [5.41, 5.74) is 2.84. The summed E-state index contributed by atoms with van der Waals surface area (Å²) < 4.78 is 10.5. The first-order chi connectivity index (χ1) is 8.34. The second-order valence-corrected chi connectivity index (χ2v) is 4.28. The van der Waals surface area contributed by atoms with Crippen molar-refractivity contribution in [1.82, 2.24) is 0 Å². The molecule has 0 radical (unpaired) electrons. The predicted molar refractivity (Wildman–Crippen MR) is 63.0 cm³/mol. The highest BCUT2D eigenvalue weighted by Gasteiger charge is 2.16. The van der Waals surface area contributed by atoms with E-state index in [1.807, 2.05) is 18.2 Å². The number of aliphatic hydroxyl groups excluding tert-OH is 1. The summed E-state index contributed by atoms with van der Waals surface area (Å²) in [6.45, 7) is 0.788. The van der Waals surface area contributed by atoms with Crippen LogP contribution in [0.2, 0.25) is 0 Å². The summed E-state index contributed by atoms with van der Waals surface area (Å²) in [5, 5.41) is 10.2. The Morgan fingerprint density at radius 2 is 2.12 bits per heavy atom. The number of furan rings is 1. The third-order valence-electron chi connectivity index (χ3n) is 3.11. The molecule has 0 spiro atoms. The lowest BCUT2D eigenvalue weighted by atomic mass is 9.98. The van der Waals surface area contributed by atoms with E-state index in [9.17, 15) is 5.11 Å². The Kier molecular flexibility index (Phi) is 2.61. The van der Waals surface area contributed by atoms with Gasteiger partial charge in [-0.2, -0.15) is 0 Å². The molecule has 0 aliphatic carbocycles. The normalized spacial score (nSPS) is 16.1. The van der Waals surface area contributed by atoms with Crippen LogP contribution in [0.25, 0.3) is 0 Å². The minimum atomic E-state index is -0.624. The van der Waals surface area contributed by atoms with Crippen LogP contribution in [0.3, 0.4) is 0 Å². The number of aliphatic hydroxyl groups is 1. The van der Waals surface area contributed by atoms with Crippen LogP contribution in [0.5, 0.6) is 5.75 Å². The molecule has 3 rings (SSSR count). The van der Waals surface area contributed by atoms with Crippen molar-refractivity contribution in [2.24, 2.45) is 0 Å². The van der Waals surface area contributed by atoms with E-state index in [0.29, 0.717) is 0 Å². The standard InChI is InChI=1S/C14H14O3/c15-14(12-5-7-16-9-12)11-3-4-13-10(8-11)2-1-6-17-13/h3-5,7-9,14-15H,1-2,6H2. The zero-order valence-electron chi connectivity index (χ0n) is 9.43. The molecule has 1 aliphatic rings. The molecule has 88 valence electrons. The van der Waals surface area contributed by atoms with E-state index < -0.39 is 6.10 Å². The lowest BCUT2D eigenvalue weighted by Gasteiger charge is -2.19. The van der Waals surface area contributed by atoms with Crippen LogP contribution < -0.4 is 4.74 Å². The van der Waals surface area contributed by atoms with Gasteiger partial charge in [-0.15, -0.1) is 0 Å². The van der Waals surface area contributed by atoms with Crippen LogP contribution in [0.1, 0.15) is 29.2 Å². The van der Waals surface area contributed by atoms with Gasteiger partial charge in [-0.3, -0.25) is 0 Å². The molecular weight excluding hydrogens is 216 g/mol. The van der Waals surface area contributed by atoms with Crippen molar-refractivity contribution in [3.8, 4) is 5.75 Å². The molecule has 1 aromatic heterocycles. The maximum atomic E-state index is 10.2. The average molecular weight is 230 g/mol. The van der Waals surface area contributed by atoms with Gasteiger partial charge >= 0.3 is 0 Å². The molecule has 0 saturated carbocycles. The summed E-state index contributed by atoms with van der Waals surface area (Å²) in [6.07, 6.45) is 4.57. The summed E-state index contributed by atoms with van der Waals surface area (Å²) in [4.78, 5) is 0. The van der Waals surface area contributed by atoms with Crippen molar-refractivity contribution in [2.75, 3.05) is 6.61 Å². The fourth-order valence-corrected chi connectivity index (χ4v) is 2.17. The molecular formula is C14H14O3. The second kappa shape index (κ2) is 4.26. The summed E-state index contributed by atoms with van der Waals surface area (Å²) in [7, 11) is 0. The summed E-state index contributed by atoms with van der Waals surface area (Å²) in [6, 6.07) is 7.64. The van der Waals surface area contributed by atoms with Gasteiger partial charge in [0.05, 0.1) is 19.1 Å². The highest BCUT2D eigenvalue weighted by atomic mass is 16.5. The number of hydrogen-bond acceptors (Lipinski definition) is 3. The van der Waals surface area contributed by atoms with Crippen molar-refractivity contribution in [1.29, 1.82) is 0 Å². The van der Waals surface area contributed by atoms with Gasteiger partial charge in [0.15, 0.2) is 0 Å². The zero-order valence-corrected chi connectivity index (χ0v) is 9.43. The summed E-state index contributed by atoms with van der Waals surface area (Å²) in [5.74, 6) is 0.944. The highest BCUT2D eigenvalue weighted by molar-refractivity contribution is 5.41. The van der Waals surface area contributed by atoms with Gasteiger partial charge in [0.1, 0.15) is 11.9 Å². The SMILES string of the molecule is OC(c1ccoc1)c1ccc2c(c1)CCCO2. The first kappa shape index (κ1) is 10.4. The van der Waals surface area contributed by atoms with Crippen molar-refractivity contribution in [2.45, 2.75) is 18.9 Å². The van der Waals surface area contributed by atoms with Crippen molar-refractivity contribution >= 4 is 0 Å². The van der Waals surface area contributed by atoms with Gasteiger partial charge in [0, 0.05) is 5.56 Å². The van der Waals surface area contributed by atoms with Crippen LogP contribution in [0.4, 0.5) is 0 Å². The van der Waals surface area contributed by atoms with E-state index in [4.69, 9.17) is 9.15 Å². The maximum absolute atomic E-state index is 10.2. The minimum Gasteiger partial charge on any atom is -0.493 e. The Bertz CT molecular complexity index is 502. The molecule has 3 nitrogen and oxygen atoms in total. The molecule has 1 aromatic carbocycles. The van der Waals surface area contributed by atoms with Crippen LogP contribution in [-0.4, -0.2) is 11.7 Å². The molecule has 0 amide bonds. The molecule has 0 bridgehead atoms. The van der Waals surface area contributed by atoms with Crippen LogP contribution in [0, 0.1) is 0 Å². The second-order valence-electron chi connectivity index (χ2n) is 4.28. The number of rotatable bonds is 2. The van der Waals surface area contributed by atoms with E-state index in [0.717, 1.165) is 36.3 Å². The summed E-state index contributed by atoms with van der Waals surface area (Å²) >= 11 is 0. The monoisotopic (exact) mass is 230 g/mol. The van der Waals surface area contributed by atoms with Crippen molar-refractivity contribution in [3.63, 3.8) is 0 Å². The van der Waals surface area contributed by atoms with Gasteiger partial charge < -0.3 is 14.3 Å². The Balaban J connectivity index is 1.93. The zero-order chi connectivity index (χ0) is 11.7. The van der Waals surface area contributed by atoms with E-state index >= 15 is 0 Å². The maximum Gasteiger partial charge on any atom is 0.122 e. The fraction of sp³-hybridized carbons (Fsp3) is 0.286. The van der Waals surface area contributed by atoms with Gasteiger partial charge in [0.25, 0.3) is 0 Å². The number of fused-ring (bicyclic) bond motifs is 1. The Morgan fingerprint density at radius 3 is 2.94 bits per heavy atom.